The van der Waals surface area contributed by atoms with Crippen LogP contribution in [-0.2, 0) is 4.74 Å². The van der Waals surface area contributed by atoms with Crippen molar-refractivity contribution in [3.05, 3.63) is 23.8 Å². The molecule has 5 heteroatoms. The number of nitrogens with two attached hydrogens (primary N) is 1. The Morgan fingerprint density at radius 2 is 2.10 bits per heavy atom. The van der Waals surface area contributed by atoms with Crippen LogP contribution in [0.15, 0.2) is 18.2 Å². The van der Waals surface area contributed by atoms with E-state index in [0.29, 0.717) is 30.1 Å². The lowest BCUT2D eigenvalue weighted by Crippen LogP contribution is -2.41. The normalized spacial score (nSPS) is 16.2. The maximum absolute atomic E-state index is 12.6. The number of hydrogen-bond acceptors (Lipinski definition) is 4. The smallest absolute Gasteiger partial charge is 0.259 e. The number of carbonyl (C=O) groups excluding carboxylic acids is 1. The summed E-state index contributed by atoms with van der Waals surface area (Å²) in [5, 5.41) is 0. The number of piperidine rings is 1. The van der Waals surface area contributed by atoms with Crippen LogP contribution < -0.4 is 10.5 Å². The van der Waals surface area contributed by atoms with Gasteiger partial charge in [0.15, 0.2) is 0 Å². The van der Waals surface area contributed by atoms with Crippen LogP contribution in [0.3, 0.4) is 0 Å². The van der Waals surface area contributed by atoms with Crippen LogP contribution in [0.1, 0.15) is 30.1 Å². The predicted molar refractivity (Wildman–Crippen MR) is 78.0 cm³/mol. The van der Waals surface area contributed by atoms with Crippen LogP contribution in [0.5, 0.6) is 5.75 Å². The number of anilines is 1. The number of likely N-dealkylation sites (tertiary alicyclic amines) is 1. The summed E-state index contributed by atoms with van der Waals surface area (Å²) < 4.78 is 10.8. The Bertz CT molecular complexity index is 468. The van der Waals surface area contributed by atoms with Crippen LogP contribution in [0.4, 0.5) is 5.69 Å². The van der Waals surface area contributed by atoms with E-state index < -0.39 is 0 Å². The largest absolute Gasteiger partial charge is 0.496 e. The lowest BCUT2D eigenvalue weighted by molar-refractivity contribution is 0.0145. The highest BCUT2D eigenvalue weighted by molar-refractivity contribution is 6.01. The molecule has 20 heavy (non-hydrogen) atoms. The minimum absolute atomic E-state index is 0.0603. The van der Waals surface area contributed by atoms with Crippen LogP contribution >= 0.6 is 0 Å². The van der Waals surface area contributed by atoms with Crippen molar-refractivity contribution in [2.45, 2.75) is 25.9 Å². The molecule has 0 spiro atoms. The Morgan fingerprint density at radius 3 is 2.70 bits per heavy atom. The third-order valence-corrected chi connectivity index (χ3v) is 3.62. The topological polar surface area (TPSA) is 64.8 Å². The van der Waals surface area contributed by atoms with Crippen molar-refractivity contribution in [3.8, 4) is 5.75 Å². The lowest BCUT2D eigenvalue weighted by atomic mass is 10.0. The molecular formula is C15H22N2O3. The number of benzene rings is 1. The number of nitrogens with zero attached hydrogens (tertiary/aromatic N) is 1. The van der Waals surface area contributed by atoms with Crippen LogP contribution in [0, 0.1) is 0 Å². The Morgan fingerprint density at radius 1 is 1.40 bits per heavy atom. The molecule has 1 heterocycles. The summed E-state index contributed by atoms with van der Waals surface area (Å²) >= 11 is 0. The molecule has 2 rings (SSSR count). The Kier molecular flexibility index (Phi) is 4.84. The third-order valence-electron chi connectivity index (χ3n) is 3.62. The van der Waals surface area contributed by atoms with Crippen LogP contribution in [0.25, 0.3) is 0 Å². The van der Waals surface area contributed by atoms with Crippen molar-refractivity contribution in [1.29, 1.82) is 0 Å². The number of rotatable bonds is 4. The SMILES string of the molecule is CCOC1CCN(C(=O)c2c(N)cccc2OC)CC1. The molecule has 2 N–H and O–H groups in total. The van der Waals surface area contributed by atoms with Crippen LogP contribution in [0.2, 0.25) is 0 Å². The summed E-state index contributed by atoms with van der Waals surface area (Å²) in [6.07, 6.45) is 2.00. The minimum Gasteiger partial charge on any atom is -0.496 e. The maximum atomic E-state index is 12.6. The van der Waals surface area contributed by atoms with E-state index in [1.165, 1.54) is 0 Å². The molecule has 110 valence electrons. The summed E-state index contributed by atoms with van der Waals surface area (Å²) in [5.74, 6) is 0.469. The molecule has 0 unspecified atom stereocenters. The van der Waals surface area contributed by atoms with Gasteiger partial charge in [0, 0.05) is 25.4 Å². The minimum atomic E-state index is -0.0603. The van der Waals surface area contributed by atoms with E-state index in [1.54, 1.807) is 25.3 Å². The number of amides is 1. The van der Waals surface area contributed by atoms with Gasteiger partial charge in [0.2, 0.25) is 0 Å². The molecule has 1 aliphatic heterocycles. The first-order valence-electron chi connectivity index (χ1n) is 7.00. The number of hydrogen-bond donors (Lipinski definition) is 1. The number of nitrogen functional groups attached to an aromatic ring is 1. The van der Waals surface area contributed by atoms with E-state index in [4.69, 9.17) is 15.2 Å². The number of carbonyl (C=O) groups is 1. The zero-order valence-electron chi connectivity index (χ0n) is 12.1. The van der Waals surface area contributed by atoms with E-state index in [9.17, 15) is 4.79 Å². The van der Waals surface area contributed by atoms with Crippen molar-refractivity contribution in [2.75, 3.05) is 32.5 Å². The third kappa shape index (κ3) is 3.04. The monoisotopic (exact) mass is 278 g/mol. The van der Waals surface area contributed by atoms with Gasteiger partial charge in [-0.1, -0.05) is 6.07 Å². The molecule has 0 bridgehead atoms. The van der Waals surface area contributed by atoms with E-state index in [2.05, 4.69) is 0 Å². The molecule has 1 aromatic carbocycles. The Hall–Kier alpha value is -1.75. The first-order chi connectivity index (χ1) is 9.67. The average Bonchev–Trinajstić information content (AvgIpc) is 2.47. The molecular weight excluding hydrogens is 256 g/mol. The molecule has 0 saturated carbocycles. The van der Waals surface area contributed by atoms with E-state index >= 15 is 0 Å². The first kappa shape index (κ1) is 14.7. The fourth-order valence-corrected chi connectivity index (χ4v) is 2.57. The van der Waals surface area contributed by atoms with E-state index in [0.717, 1.165) is 19.4 Å². The highest BCUT2D eigenvalue weighted by Gasteiger charge is 2.26. The zero-order valence-corrected chi connectivity index (χ0v) is 12.1. The molecule has 0 aromatic heterocycles. The van der Waals surface area contributed by atoms with E-state index in [-0.39, 0.29) is 12.0 Å². The van der Waals surface area contributed by atoms with Gasteiger partial charge in [-0.05, 0) is 31.9 Å². The molecule has 1 saturated heterocycles. The molecule has 1 aromatic rings. The lowest BCUT2D eigenvalue weighted by Gasteiger charge is -2.32. The van der Waals surface area contributed by atoms with Gasteiger partial charge in [-0.2, -0.15) is 0 Å². The Labute approximate surface area is 119 Å². The number of ether oxygens (including phenoxy) is 2. The van der Waals surface area contributed by atoms with Gasteiger partial charge in [0.25, 0.3) is 5.91 Å². The van der Waals surface area contributed by atoms with Gasteiger partial charge in [-0.25, -0.2) is 0 Å². The predicted octanol–water partition coefficient (Wildman–Crippen LogP) is 1.92. The highest BCUT2D eigenvalue weighted by Crippen LogP contribution is 2.27. The van der Waals surface area contributed by atoms with Gasteiger partial charge in [-0.3, -0.25) is 4.79 Å². The van der Waals surface area contributed by atoms with Crippen molar-refractivity contribution in [2.24, 2.45) is 0 Å². The Balaban J connectivity index is 2.09. The van der Waals surface area contributed by atoms with E-state index in [1.807, 2.05) is 11.8 Å². The van der Waals surface area contributed by atoms with Gasteiger partial charge >= 0.3 is 0 Å². The zero-order chi connectivity index (χ0) is 14.5. The maximum Gasteiger partial charge on any atom is 0.259 e. The van der Waals surface area contributed by atoms with Crippen molar-refractivity contribution < 1.29 is 14.3 Å². The van der Waals surface area contributed by atoms with Crippen molar-refractivity contribution >= 4 is 11.6 Å². The fourth-order valence-electron chi connectivity index (χ4n) is 2.57. The molecule has 1 fully saturated rings. The molecule has 0 atom stereocenters. The molecule has 1 amide bonds. The number of methoxy groups -OCH3 is 1. The summed E-state index contributed by atoms with van der Waals surface area (Å²) in [6.45, 7) is 4.10. The summed E-state index contributed by atoms with van der Waals surface area (Å²) in [4.78, 5) is 14.4. The molecule has 0 aliphatic carbocycles. The second-order valence-corrected chi connectivity index (χ2v) is 4.87. The molecule has 0 radical (unpaired) electrons. The summed E-state index contributed by atoms with van der Waals surface area (Å²) in [7, 11) is 1.55. The van der Waals surface area contributed by atoms with Gasteiger partial charge < -0.3 is 20.1 Å². The molecule has 1 aliphatic rings. The first-order valence-corrected chi connectivity index (χ1v) is 7.00. The fraction of sp³-hybridized carbons (Fsp3) is 0.533. The standard InChI is InChI=1S/C15H22N2O3/c1-3-20-11-7-9-17(10-8-11)15(18)14-12(16)5-4-6-13(14)19-2/h4-6,11H,3,7-10,16H2,1-2H3. The van der Waals surface area contributed by atoms with Gasteiger partial charge in [0.1, 0.15) is 11.3 Å². The van der Waals surface area contributed by atoms with Crippen molar-refractivity contribution in [1.82, 2.24) is 4.90 Å². The van der Waals surface area contributed by atoms with Gasteiger partial charge in [0.05, 0.1) is 13.2 Å². The van der Waals surface area contributed by atoms with Gasteiger partial charge in [-0.15, -0.1) is 0 Å². The second-order valence-electron chi connectivity index (χ2n) is 4.87. The summed E-state index contributed by atoms with van der Waals surface area (Å²) in [5.41, 5.74) is 6.85. The van der Waals surface area contributed by atoms with Crippen LogP contribution in [-0.4, -0.2) is 43.7 Å². The highest BCUT2D eigenvalue weighted by atomic mass is 16.5. The second kappa shape index (κ2) is 6.61. The summed E-state index contributed by atoms with van der Waals surface area (Å²) in [6, 6.07) is 5.27. The average molecular weight is 278 g/mol. The van der Waals surface area contributed by atoms with Crippen molar-refractivity contribution in [3.63, 3.8) is 0 Å². The quantitative estimate of drug-likeness (QED) is 0.855. The molecule has 5 nitrogen and oxygen atoms in total.